The molecule has 5 nitrogen and oxygen atoms in total. The molecule has 3 atom stereocenters. The number of rotatable bonds is 4. The maximum absolute atomic E-state index is 13.2. The summed E-state index contributed by atoms with van der Waals surface area (Å²) in [4.78, 5) is 27.0. The Balaban J connectivity index is 1.34. The molecule has 0 aliphatic carbocycles. The largest absolute Gasteiger partial charge is 0.330 e. The van der Waals surface area contributed by atoms with Gasteiger partial charge in [-0.25, -0.2) is 8.78 Å². The first kappa shape index (κ1) is 20.6. The molecule has 1 fully saturated rings. The van der Waals surface area contributed by atoms with Gasteiger partial charge in [0.1, 0.15) is 23.9 Å². The number of piperidine rings is 1. The first-order valence-electron chi connectivity index (χ1n) is 10.8. The maximum atomic E-state index is 13.2. The highest BCUT2D eigenvalue weighted by molar-refractivity contribution is 6.04. The van der Waals surface area contributed by atoms with Crippen LogP contribution in [-0.4, -0.2) is 23.6 Å². The van der Waals surface area contributed by atoms with Gasteiger partial charge in [-0.15, -0.1) is 0 Å². The molecule has 1 saturated heterocycles. The molecule has 3 aromatic rings. The number of halogens is 2. The standard InChI is InChI=1S/C25H23F2N3O2/c26-20-5-1-16(2-6-20)12-29-13-17-11-19(15-29)23-10-9-22(25(32)30(23)14-17)28-24(31)18-3-7-21(27)8-4-18/h1-10,17,19H,11-15H2,(H,28,31)/p+1/t17-,19+/m0/s1. The van der Waals surface area contributed by atoms with Gasteiger partial charge in [-0.05, 0) is 55.0 Å². The lowest BCUT2D eigenvalue weighted by Gasteiger charge is -2.40. The van der Waals surface area contributed by atoms with Gasteiger partial charge in [0, 0.05) is 35.2 Å². The number of aromatic nitrogens is 1. The number of anilines is 1. The highest BCUT2D eigenvalue weighted by Crippen LogP contribution is 2.31. The predicted octanol–water partition coefficient (Wildman–Crippen LogP) is 2.58. The number of carbonyl (C=O) groups excluding carboxylic acids is 1. The number of hydrogen-bond donors (Lipinski definition) is 2. The minimum absolute atomic E-state index is 0.199. The number of fused-ring (bicyclic) bond motifs is 4. The van der Waals surface area contributed by atoms with Crippen molar-refractivity contribution in [2.45, 2.75) is 25.4 Å². The van der Waals surface area contributed by atoms with Crippen LogP contribution in [0.1, 0.15) is 34.0 Å². The Morgan fingerprint density at radius 2 is 1.66 bits per heavy atom. The van der Waals surface area contributed by atoms with Crippen LogP contribution in [-0.2, 0) is 13.1 Å². The van der Waals surface area contributed by atoms with Crippen LogP contribution in [0.2, 0.25) is 0 Å². The molecule has 0 saturated carbocycles. The van der Waals surface area contributed by atoms with E-state index in [1.807, 2.05) is 18.2 Å². The lowest BCUT2D eigenvalue weighted by molar-refractivity contribution is -0.924. The van der Waals surface area contributed by atoms with Crippen molar-refractivity contribution >= 4 is 11.6 Å². The zero-order valence-electron chi connectivity index (χ0n) is 17.5. The van der Waals surface area contributed by atoms with E-state index >= 15 is 0 Å². The Morgan fingerprint density at radius 3 is 2.38 bits per heavy atom. The first-order chi connectivity index (χ1) is 15.5. The highest BCUT2D eigenvalue weighted by atomic mass is 19.1. The van der Waals surface area contributed by atoms with Crippen molar-refractivity contribution in [1.82, 2.24) is 4.57 Å². The molecule has 1 amide bonds. The van der Waals surface area contributed by atoms with Crippen molar-refractivity contribution in [2.75, 3.05) is 18.4 Å². The predicted molar refractivity (Wildman–Crippen MR) is 117 cm³/mol. The zero-order valence-corrected chi connectivity index (χ0v) is 17.5. The van der Waals surface area contributed by atoms with Crippen LogP contribution < -0.4 is 15.8 Å². The van der Waals surface area contributed by atoms with Crippen LogP contribution in [0.5, 0.6) is 0 Å². The van der Waals surface area contributed by atoms with Crippen molar-refractivity contribution in [3.05, 3.63) is 99.5 Å². The van der Waals surface area contributed by atoms with Crippen molar-refractivity contribution in [2.24, 2.45) is 5.92 Å². The van der Waals surface area contributed by atoms with Crippen LogP contribution in [0.3, 0.4) is 0 Å². The number of benzene rings is 2. The second kappa shape index (κ2) is 8.31. The van der Waals surface area contributed by atoms with Gasteiger partial charge in [-0.3, -0.25) is 9.59 Å². The minimum Gasteiger partial charge on any atom is -0.330 e. The molecule has 7 heteroatoms. The molecule has 32 heavy (non-hydrogen) atoms. The molecule has 5 rings (SSSR count). The van der Waals surface area contributed by atoms with Gasteiger partial charge in [0.05, 0.1) is 13.1 Å². The van der Waals surface area contributed by atoms with Crippen LogP contribution in [0, 0.1) is 17.6 Å². The lowest BCUT2D eigenvalue weighted by Crippen LogP contribution is -3.13. The van der Waals surface area contributed by atoms with Crippen molar-refractivity contribution < 1.29 is 18.5 Å². The number of carbonyl (C=O) groups is 1. The summed E-state index contributed by atoms with van der Waals surface area (Å²) in [5, 5.41) is 2.68. The van der Waals surface area contributed by atoms with Gasteiger partial charge in [0.2, 0.25) is 0 Å². The summed E-state index contributed by atoms with van der Waals surface area (Å²) in [5.41, 5.74) is 2.44. The molecular formula is C25H24F2N3O2+. The van der Waals surface area contributed by atoms with E-state index in [0.29, 0.717) is 18.0 Å². The summed E-state index contributed by atoms with van der Waals surface area (Å²) in [6, 6.07) is 15.5. The van der Waals surface area contributed by atoms with Gasteiger partial charge >= 0.3 is 0 Å². The van der Waals surface area contributed by atoms with Crippen LogP contribution in [0.25, 0.3) is 0 Å². The molecule has 164 valence electrons. The zero-order chi connectivity index (χ0) is 22.2. The smallest absolute Gasteiger partial charge is 0.274 e. The summed E-state index contributed by atoms with van der Waals surface area (Å²) in [5.74, 6) is -0.439. The van der Waals surface area contributed by atoms with E-state index in [1.165, 1.54) is 41.3 Å². The van der Waals surface area contributed by atoms with E-state index in [1.54, 1.807) is 10.6 Å². The number of quaternary nitrogens is 1. The average molecular weight is 436 g/mol. The SMILES string of the molecule is O=C(Nc1ccc2n(c1=O)C[C@H]1C[C@@H]2C[NH+](Cc2ccc(F)cc2)C1)c1ccc(F)cc1. The Kier molecular flexibility index (Phi) is 5.35. The number of pyridine rings is 1. The molecule has 2 aromatic carbocycles. The normalized spacial score (nSPS) is 21.6. The molecule has 0 spiro atoms. The van der Waals surface area contributed by atoms with E-state index in [4.69, 9.17) is 0 Å². The fraction of sp³-hybridized carbons (Fsp3) is 0.280. The Bertz CT molecular complexity index is 1210. The molecule has 2 bridgehead atoms. The summed E-state index contributed by atoms with van der Waals surface area (Å²) >= 11 is 0. The molecule has 2 aliphatic heterocycles. The van der Waals surface area contributed by atoms with E-state index in [9.17, 15) is 18.4 Å². The van der Waals surface area contributed by atoms with E-state index in [0.717, 1.165) is 37.3 Å². The number of hydrogen-bond acceptors (Lipinski definition) is 2. The van der Waals surface area contributed by atoms with Crippen LogP contribution in [0.4, 0.5) is 14.5 Å². The van der Waals surface area contributed by atoms with E-state index in [2.05, 4.69) is 5.32 Å². The molecule has 2 aliphatic rings. The maximum Gasteiger partial charge on any atom is 0.274 e. The third-order valence-corrected chi connectivity index (χ3v) is 6.52. The third kappa shape index (κ3) is 4.08. The van der Waals surface area contributed by atoms with Gasteiger partial charge < -0.3 is 14.8 Å². The number of nitrogens with one attached hydrogen (secondary N) is 2. The molecule has 0 radical (unpaired) electrons. The van der Waals surface area contributed by atoms with Gasteiger partial charge in [0.15, 0.2) is 0 Å². The minimum atomic E-state index is -0.437. The Morgan fingerprint density at radius 1 is 0.969 bits per heavy atom. The van der Waals surface area contributed by atoms with E-state index < -0.39 is 11.7 Å². The average Bonchev–Trinajstić information content (AvgIpc) is 2.78. The van der Waals surface area contributed by atoms with E-state index in [-0.39, 0.29) is 23.0 Å². The topological polar surface area (TPSA) is 55.5 Å². The summed E-state index contributed by atoms with van der Waals surface area (Å²) in [6.45, 7) is 3.32. The number of nitrogens with zero attached hydrogens (tertiary/aromatic N) is 1. The lowest BCUT2D eigenvalue weighted by atomic mass is 9.83. The first-order valence-corrected chi connectivity index (χ1v) is 10.8. The molecule has 1 unspecified atom stereocenters. The molecule has 3 heterocycles. The van der Waals surface area contributed by atoms with Gasteiger partial charge in [0.25, 0.3) is 11.5 Å². The fourth-order valence-corrected chi connectivity index (χ4v) is 5.10. The monoisotopic (exact) mass is 436 g/mol. The van der Waals surface area contributed by atoms with Crippen molar-refractivity contribution in [1.29, 1.82) is 0 Å². The third-order valence-electron chi connectivity index (χ3n) is 6.52. The van der Waals surface area contributed by atoms with Crippen LogP contribution >= 0.6 is 0 Å². The van der Waals surface area contributed by atoms with Crippen molar-refractivity contribution in [3.8, 4) is 0 Å². The highest BCUT2D eigenvalue weighted by Gasteiger charge is 2.37. The van der Waals surface area contributed by atoms with Crippen molar-refractivity contribution in [3.63, 3.8) is 0 Å². The molecule has 2 N–H and O–H groups in total. The van der Waals surface area contributed by atoms with Crippen LogP contribution in [0.15, 0.2) is 65.5 Å². The molecular weight excluding hydrogens is 412 g/mol. The summed E-state index contributed by atoms with van der Waals surface area (Å²) < 4.78 is 28.1. The second-order valence-electron chi connectivity index (χ2n) is 8.81. The summed E-state index contributed by atoms with van der Waals surface area (Å²) in [7, 11) is 0. The molecule has 1 aromatic heterocycles. The quantitative estimate of drug-likeness (QED) is 0.661. The summed E-state index contributed by atoms with van der Waals surface area (Å²) in [6.07, 6.45) is 1.05. The number of likely N-dealkylation sites (tertiary alicyclic amines) is 1. The number of amides is 1. The Hall–Kier alpha value is -3.32. The second-order valence-corrected chi connectivity index (χ2v) is 8.81. The Labute approximate surface area is 184 Å². The fourth-order valence-electron chi connectivity index (χ4n) is 5.10. The van der Waals surface area contributed by atoms with Gasteiger partial charge in [-0.1, -0.05) is 12.1 Å². The van der Waals surface area contributed by atoms with Gasteiger partial charge in [-0.2, -0.15) is 0 Å².